The summed E-state index contributed by atoms with van der Waals surface area (Å²) in [6.07, 6.45) is 2.23. The fourth-order valence-corrected chi connectivity index (χ4v) is 4.71. The second-order valence-electron chi connectivity index (χ2n) is 7.18. The molecule has 0 unspecified atom stereocenters. The molecule has 0 spiro atoms. The maximum Gasteiger partial charge on any atom is 0.210 e. The molecule has 4 rings (SSSR count). The molecule has 1 heterocycles. The van der Waals surface area contributed by atoms with E-state index in [1.165, 1.54) is 24.3 Å². The van der Waals surface area contributed by atoms with Crippen LogP contribution >= 0.6 is 11.6 Å². The lowest BCUT2D eigenvalue weighted by atomic mass is 10.1. The van der Waals surface area contributed by atoms with Crippen molar-refractivity contribution in [3.05, 3.63) is 116 Å². The third kappa shape index (κ3) is 4.15. The number of benzene rings is 3. The van der Waals surface area contributed by atoms with Gasteiger partial charge in [-0.1, -0.05) is 53.6 Å². The maximum atomic E-state index is 13.4. The third-order valence-corrected chi connectivity index (χ3v) is 6.97. The molecule has 5 nitrogen and oxygen atoms in total. The number of Topliss-reactive ketones (excluding diaryl/α,β-unsaturated/α-hetero) is 1. The molecule has 0 saturated heterocycles. The van der Waals surface area contributed by atoms with Gasteiger partial charge in [0.05, 0.1) is 15.8 Å². The van der Waals surface area contributed by atoms with Crippen LogP contribution in [0.5, 0.6) is 0 Å². The molecular weight excluding hydrogens is 448 g/mol. The number of rotatable bonds is 5. The number of sulfone groups is 1. The number of fused-ring (bicyclic) bond motifs is 1. The molecule has 7 heteroatoms. The smallest absolute Gasteiger partial charge is 0.210 e. The van der Waals surface area contributed by atoms with Gasteiger partial charge in [-0.15, -0.1) is 0 Å². The lowest BCUT2D eigenvalue weighted by Gasteiger charge is -2.10. The van der Waals surface area contributed by atoms with Gasteiger partial charge in [0.25, 0.3) is 0 Å². The summed E-state index contributed by atoms with van der Waals surface area (Å²) in [6.45, 7) is 1.86. The molecule has 160 valence electrons. The molecule has 0 fully saturated rings. The molecule has 4 aromatic rings. The summed E-state index contributed by atoms with van der Waals surface area (Å²) in [7, 11) is -4.27. The van der Waals surface area contributed by atoms with Crippen LogP contribution in [-0.4, -0.2) is 14.2 Å². The van der Waals surface area contributed by atoms with Crippen molar-refractivity contribution in [3.8, 4) is 0 Å². The fraction of sp³-hybridized carbons (Fsp3) is 0.0400. The summed E-state index contributed by atoms with van der Waals surface area (Å²) in [5.41, 5.74) is 0.984. The second-order valence-corrected chi connectivity index (χ2v) is 9.53. The first-order valence-corrected chi connectivity index (χ1v) is 11.5. The normalized spacial score (nSPS) is 12.1. The SMILES string of the molecule is Cc1ccc(C(=O)/C(=C/c2coc3ccccc3c2=O)S(=O)(=O)c2ccc(Cl)cc2)cc1. The topological polar surface area (TPSA) is 81.4 Å². The zero-order valence-electron chi connectivity index (χ0n) is 16.9. The Morgan fingerprint density at radius 1 is 0.938 bits per heavy atom. The largest absolute Gasteiger partial charge is 0.463 e. The number of carbonyl (C=O) groups is 1. The van der Waals surface area contributed by atoms with Crippen molar-refractivity contribution >= 4 is 44.3 Å². The number of allylic oxidation sites excluding steroid dienone is 1. The van der Waals surface area contributed by atoms with Crippen LogP contribution in [0.25, 0.3) is 17.0 Å². The molecule has 3 aromatic carbocycles. The van der Waals surface area contributed by atoms with Gasteiger partial charge in [-0.3, -0.25) is 9.59 Å². The standard InChI is InChI=1S/C25H17ClO5S/c1-16-6-8-17(9-7-16)25(28)23(32(29,30)20-12-10-19(26)11-13-20)14-18-15-31-22-5-3-2-4-21(22)24(18)27/h2-15H,1H3/b23-14-. The van der Waals surface area contributed by atoms with E-state index in [1.54, 1.807) is 48.5 Å². The molecule has 0 N–H and O–H groups in total. The Labute approximate surface area is 189 Å². The Bertz CT molecular complexity index is 1510. The van der Waals surface area contributed by atoms with Crippen LogP contribution in [0.4, 0.5) is 0 Å². The van der Waals surface area contributed by atoms with Crippen molar-refractivity contribution < 1.29 is 17.6 Å². The second kappa shape index (κ2) is 8.57. The summed E-state index contributed by atoms with van der Waals surface area (Å²) < 4.78 is 32.4. The highest BCUT2D eigenvalue weighted by Crippen LogP contribution is 2.26. The first-order chi connectivity index (χ1) is 15.3. The Hall–Kier alpha value is -3.48. The monoisotopic (exact) mass is 464 g/mol. The Kier molecular flexibility index (Phi) is 5.82. The fourth-order valence-electron chi connectivity index (χ4n) is 3.19. The van der Waals surface area contributed by atoms with E-state index in [0.717, 1.165) is 17.9 Å². The summed E-state index contributed by atoms with van der Waals surface area (Å²) >= 11 is 5.89. The van der Waals surface area contributed by atoms with Gasteiger partial charge >= 0.3 is 0 Å². The number of hydrogen-bond donors (Lipinski definition) is 0. The zero-order chi connectivity index (χ0) is 22.9. The molecule has 0 amide bonds. The highest BCUT2D eigenvalue weighted by atomic mass is 35.5. The number of carbonyl (C=O) groups excluding carboxylic acids is 1. The van der Waals surface area contributed by atoms with E-state index >= 15 is 0 Å². The van der Waals surface area contributed by atoms with Crippen molar-refractivity contribution in [1.82, 2.24) is 0 Å². The molecule has 1 aromatic heterocycles. The van der Waals surface area contributed by atoms with Crippen LogP contribution in [0, 0.1) is 6.92 Å². The zero-order valence-corrected chi connectivity index (χ0v) is 18.5. The molecule has 0 atom stereocenters. The van der Waals surface area contributed by atoms with E-state index < -0.39 is 26.0 Å². The molecule has 0 aliphatic rings. The average Bonchev–Trinajstić information content (AvgIpc) is 2.79. The van der Waals surface area contributed by atoms with Crippen LogP contribution in [-0.2, 0) is 9.84 Å². The minimum absolute atomic E-state index is 0.0447. The number of hydrogen-bond acceptors (Lipinski definition) is 5. The van der Waals surface area contributed by atoms with E-state index in [9.17, 15) is 18.0 Å². The highest BCUT2D eigenvalue weighted by molar-refractivity contribution is 7.96. The average molecular weight is 465 g/mol. The molecular formula is C25H17ClO5S. The van der Waals surface area contributed by atoms with Gasteiger partial charge in [-0.2, -0.15) is 0 Å². The maximum absolute atomic E-state index is 13.4. The van der Waals surface area contributed by atoms with Crippen LogP contribution in [0.2, 0.25) is 5.02 Å². The van der Waals surface area contributed by atoms with E-state index in [0.29, 0.717) is 10.6 Å². The number of halogens is 1. The van der Waals surface area contributed by atoms with Crippen LogP contribution in [0.3, 0.4) is 0 Å². The van der Waals surface area contributed by atoms with Crippen molar-refractivity contribution in [2.75, 3.05) is 0 Å². The minimum Gasteiger partial charge on any atom is -0.463 e. The van der Waals surface area contributed by atoms with Crippen LogP contribution in [0.15, 0.2) is 98.1 Å². The quantitative estimate of drug-likeness (QED) is 0.289. The molecule has 0 aliphatic carbocycles. The first-order valence-electron chi connectivity index (χ1n) is 9.61. The van der Waals surface area contributed by atoms with Crippen molar-refractivity contribution in [2.45, 2.75) is 11.8 Å². The summed E-state index contributed by atoms with van der Waals surface area (Å²) in [6, 6.07) is 18.6. The van der Waals surface area contributed by atoms with E-state index in [-0.39, 0.29) is 21.4 Å². The molecule has 0 radical (unpaired) electrons. The number of para-hydroxylation sites is 1. The summed E-state index contributed by atoms with van der Waals surface area (Å²) in [5.74, 6) is -0.729. The highest BCUT2D eigenvalue weighted by Gasteiger charge is 2.28. The molecule has 32 heavy (non-hydrogen) atoms. The number of aryl methyl sites for hydroxylation is 1. The lowest BCUT2D eigenvalue weighted by Crippen LogP contribution is -2.16. The third-order valence-electron chi connectivity index (χ3n) is 4.94. The van der Waals surface area contributed by atoms with Crippen molar-refractivity contribution in [1.29, 1.82) is 0 Å². The van der Waals surface area contributed by atoms with Gasteiger partial charge in [0.1, 0.15) is 16.8 Å². The predicted octanol–water partition coefficient (Wildman–Crippen LogP) is 5.45. The molecule has 0 bridgehead atoms. The van der Waals surface area contributed by atoms with Gasteiger partial charge in [0.15, 0.2) is 5.43 Å². The van der Waals surface area contributed by atoms with Crippen LogP contribution in [0.1, 0.15) is 21.5 Å². The van der Waals surface area contributed by atoms with Gasteiger partial charge < -0.3 is 4.42 Å². The predicted molar refractivity (Wildman–Crippen MR) is 125 cm³/mol. The van der Waals surface area contributed by atoms with E-state index in [4.69, 9.17) is 16.0 Å². The number of ketones is 1. The lowest BCUT2D eigenvalue weighted by molar-refractivity contribution is 0.104. The Morgan fingerprint density at radius 2 is 1.59 bits per heavy atom. The molecule has 0 aliphatic heterocycles. The van der Waals surface area contributed by atoms with Gasteiger partial charge in [0, 0.05) is 10.6 Å². The first kappa shape index (κ1) is 21.7. The Morgan fingerprint density at radius 3 is 2.28 bits per heavy atom. The summed E-state index contributed by atoms with van der Waals surface area (Å²) in [5, 5.41) is 0.641. The molecule has 0 saturated carbocycles. The Balaban J connectivity index is 1.94. The van der Waals surface area contributed by atoms with Gasteiger partial charge in [0.2, 0.25) is 15.6 Å². The van der Waals surface area contributed by atoms with Gasteiger partial charge in [-0.05, 0) is 49.4 Å². The summed E-state index contributed by atoms with van der Waals surface area (Å²) in [4.78, 5) is 25.6. The van der Waals surface area contributed by atoms with Crippen molar-refractivity contribution in [2.24, 2.45) is 0 Å². The van der Waals surface area contributed by atoms with Gasteiger partial charge in [-0.25, -0.2) is 8.42 Å². The van der Waals surface area contributed by atoms with Crippen LogP contribution < -0.4 is 5.43 Å². The van der Waals surface area contributed by atoms with Crippen molar-refractivity contribution in [3.63, 3.8) is 0 Å². The van der Waals surface area contributed by atoms with E-state index in [2.05, 4.69) is 0 Å². The minimum atomic E-state index is -4.27. The van der Waals surface area contributed by atoms with E-state index in [1.807, 2.05) is 6.92 Å².